The number of allylic oxidation sites excluding steroid dienone is 4. The van der Waals surface area contributed by atoms with Gasteiger partial charge in [-0.3, -0.25) is 0 Å². The van der Waals surface area contributed by atoms with Crippen molar-refractivity contribution in [1.29, 1.82) is 0 Å². The van der Waals surface area contributed by atoms with E-state index in [2.05, 4.69) is 26.8 Å². The van der Waals surface area contributed by atoms with Crippen LogP contribution < -0.4 is 0 Å². The first-order valence-corrected chi connectivity index (χ1v) is 8.60. The number of rotatable bonds is 7. The first-order chi connectivity index (χ1) is 9.56. The Hall–Kier alpha value is -0.560. The topological polar surface area (TPSA) is 9.23 Å². The van der Waals surface area contributed by atoms with Gasteiger partial charge in [-0.25, -0.2) is 0 Å². The second-order valence-corrected chi connectivity index (χ2v) is 7.35. The lowest BCUT2D eigenvalue weighted by Crippen LogP contribution is -2.19. The number of hydrogen-bond donors (Lipinski definition) is 0. The van der Waals surface area contributed by atoms with E-state index < -0.39 is 0 Å². The van der Waals surface area contributed by atoms with Crippen molar-refractivity contribution < 1.29 is 4.74 Å². The third-order valence-corrected chi connectivity index (χ3v) is 4.44. The fraction of sp³-hybridized carbons (Fsp3) is 0.789. The van der Waals surface area contributed by atoms with E-state index >= 15 is 0 Å². The summed E-state index contributed by atoms with van der Waals surface area (Å²) in [5.41, 5.74) is 5.25. The Labute approximate surface area is 125 Å². The summed E-state index contributed by atoms with van der Waals surface area (Å²) in [6.07, 6.45) is 15.9. The summed E-state index contributed by atoms with van der Waals surface area (Å²) in [5, 5.41) is 0. The maximum atomic E-state index is 5.76. The van der Waals surface area contributed by atoms with Crippen molar-refractivity contribution in [2.75, 3.05) is 6.61 Å². The monoisotopic (exact) mass is 276 g/mol. The summed E-state index contributed by atoms with van der Waals surface area (Å²) < 4.78 is 5.76. The molecule has 0 fully saturated rings. The second-order valence-electron chi connectivity index (χ2n) is 7.35. The molecule has 0 amide bonds. The molecule has 0 bridgehead atoms. The second kappa shape index (κ2) is 7.45. The molecule has 0 spiro atoms. The fourth-order valence-electron chi connectivity index (χ4n) is 3.35. The van der Waals surface area contributed by atoms with Crippen molar-refractivity contribution in [1.82, 2.24) is 0 Å². The third-order valence-electron chi connectivity index (χ3n) is 4.44. The molecule has 0 saturated carbocycles. The summed E-state index contributed by atoms with van der Waals surface area (Å²) in [6.45, 7) is 7.32. The quantitative estimate of drug-likeness (QED) is 0.522. The van der Waals surface area contributed by atoms with Crippen LogP contribution in [0.25, 0.3) is 0 Å². The van der Waals surface area contributed by atoms with Crippen molar-refractivity contribution in [3.05, 3.63) is 22.8 Å². The molecule has 114 valence electrons. The largest absolute Gasteiger partial charge is 0.376 e. The molecule has 2 aliphatic rings. The van der Waals surface area contributed by atoms with Gasteiger partial charge in [0.25, 0.3) is 0 Å². The van der Waals surface area contributed by atoms with Crippen LogP contribution in [-0.2, 0) is 4.74 Å². The predicted octanol–water partition coefficient (Wildman–Crippen LogP) is 5.95. The third kappa shape index (κ3) is 5.09. The number of ether oxygens (including phenoxy) is 1. The zero-order chi connectivity index (χ0) is 14.4. The molecular weight excluding hydrogens is 244 g/mol. The molecule has 2 aliphatic carbocycles. The number of hydrogen-bond acceptors (Lipinski definition) is 1. The highest BCUT2D eigenvalue weighted by Gasteiger charge is 2.19. The summed E-state index contributed by atoms with van der Waals surface area (Å²) in [6, 6.07) is 0. The fourth-order valence-corrected chi connectivity index (χ4v) is 3.35. The van der Waals surface area contributed by atoms with E-state index in [-0.39, 0.29) is 5.60 Å². The van der Waals surface area contributed by atoms with Gasteiger partial charge in [0.15, 0.2) is 0 Å². The van der Waals surface area contributed by atoms with Gasteiger partial charge in [0.2, 0.25) is 0 Å². The summed E-state index contributed by atoms with van der Waals surface area (Å²) in [5.74, 6) is 0. The van der Waals surface area contributed by atoms with E-state index in [1.165, 1.54) is 64.2 Å². The first kappa shape index (κ1) is 15.8. The summed E-state index contributed by atoms with van der Waals surface area (Å²) in [4.78, 5) is 0. The Kier molecular flexibility index (Phi) is 5.89. The minimum absolute atomic E-state index is 0.0263. The molecule has 0 unspecified atom stereocenters. The van der Waals surface area contributed by atoms with E-state index in [4.69, 9.17) is 4.74 Å². The van der Waals surface area contributed by atoms with Crippen molar-refractivity contribution in [2.45, 2.75) is 90.6 Å². The lowest BCUT2D eigenvalue weighted by Gasteiger charge is -2.19. The van der Waals surface area contributed by atoms with Crippen LogP contribution in [0.1, 0.15) is 85.0 Å². The summed E-state index contributed by atoms with van der Waals surface area (Å²) in [7, 11) is 0. The van der Waals surface area contributed by atoms with Crippen LogP contribution in [0.4, 0.5) is 0 Å². The first-order valence-electron chi connectivity index (χ1n) is 8.60. The Morgan fingerprint density at radius 2 is 1.75 bits per heavy atom. The van der Waals surface area contributed by atoms with Crippen LogP contribution in [-0.4, -0.2) is 12.2 Å². The average molecular weight is 276 g/mol. The maximum absolute atomic E-state index is 5.76. The van der Waals surface area contributed by atoms with Gasteiger partial charge in [0.05, 0.1) is 5.60 Å². The standard InChI is InChI=1S/C19H32O/c1-19(2,3)20-15-9-5-4-6-10-16-13-14-17-11-7-8-12-18(16)17/h13H,4-12,14-15H2,1-3H3. The number of unbranched alkanes of at least 4 members (excludes halogenated alkanes) is 3. The molecule has 2 rings (SSSR count). The minimum atomic E-state index is 0.0263. The lowest BCUT2D eigenvalue weighted by atomic mass is 9.89. The molecule has 0 atom stereocenters. The molecule has 0 aliphatic heterocycles. The van der Waals surface area contributed by atoms with Gasteiger partial charge in [-0.1, -0.05) is 24.5 Å². The van der Waals surface area contributed by atoms with Crippen LogP contribution in [0.15, 0.2) is 22.8 Å². The Bertz CT molecular complexity index is 368. The van der Waals surface area contributed by atoms with Gasteiger partial charge >= 0.3 is 0 Å². The van der Waals surface area contributed by atoms with Gasteiger partial charge in [0.1, 0.15) is 0 Å². The van der Waals surface area contributed by atoms with Gasteiger partial charge in [-0.05, 0) is 83.3 Å². The lowest BCUT2D eigenvalue weighted by molar-refractivity contribution is -0.00473. The smallest absolute Gasteiger partial charge is 0.0598 e. The molecule has 20 heavy (non-hydrogen) atoms. The van der Waals surface area contributed by atoms with E-state index in [1.54, 1.807) is 16.7 Å². The van der Waals surface area contributed by atoms with Crippen molar-refractivity contribution in [3.8, 4) is 0 Å². The zero-order valence-electron chi connectivity index (χ0n) is 13.8. The van der Waals surface area contributed by atoms with Crippen LogP contribution >= 0.6 is 0 Å². The SMILES string of the molecule is CC(C)(C)OCCCCCCC1=CCC2=C1CCCC2. The average Bonchev–Trinajstić information content (AvgIpc) is 2.80. The van der Waals surface area contributed by atoms with E-state index in [1.807, 2.05) is 0 Å². The molecule has 1 nitrogen and oxygen atoms in total. The minimum Gasteiger partial charge on any atom is -0.376 e. The van der Waals surface area contributed by atoms with E-state index in [9.17, 15) is 0 Å². The van der Waals surface area contributed by atoms with Gasteiger partial charge in [-0.15, -0.1) is 0 Å². The molecular formula is C19H32O. The molecule has 0 N–H and O–H groups in total. The van der Waals surface area contributed by atoms with Crippen molar-refractivity contribution in [3.63, 3.8) is 0 Å². The molecule has 0 aromatic rings. The van der Waals surface area contributed by atoms with Gasteiger partial charge < -0.3 is 4.74 Å². The van der Waals surface area contributed by atoms with Crippen LogP contribution in [0.3, 0.4) is 0 Å². The molecule has 1 heteroatoms. The molecule has 0 radical (unpaired) electrons. The highest BCUT2D eigenvalue weighted by molar-refractivity contribution is 5.43. The Balaban J connectivity index is 1.55. The molecule has 0 aromatic heterocycles. The highest BCUT2D eigenvalue weighted by atomic mass is 16.5. The predicted molar refractivity (Wildman–Crippen MR) is 87.0 cm³/mol. The van der Waals surface area contributed by atoms with Gasteiger partial charge in [-0.2, -0.15) is 0 Å². The van der Waals surface area contributed by atoms with Crippen LogP contribution in [0.2, 0.25) is 0 Å². The van der Waals surface area contributed by atoms with Crippen LogP contribution in [0, 0.1) is 0 Å². The van der Waals surface area contributed by atoms with Crippen LogP contribution in [0.5, 0.6) is 0 Å². The molecule has 0 saturated heterocycles. The van der Waals surface area contributed by atoms with Gasteiger partial charge in [0, 0.05) is 6.61 Å². The maximum Gasteiger partial charge on any atom is 0.0598 e. The van der Waals surface area contributed by atoms with Crippen molar-refractivity contribution in [2.24, 2.45) is 0 Å². The Morgan fingerprint density at radius 1 is 1.00 bits per heavy atom. The molecule has 0 aromatic carbocycles. The molecule has 0 heterocycles. The Morgan fingerprint density at radius 3 is 2.55 bits per heavy atom. The zero-order valence-corrected chi connectivity index (χ0v) is 13.8. The summed E-state index contributed by atoms with van der Waals surface area (Å²) >= 11 is 0. The van der Waals surface area contributed by atoms with E-state index in [0.717, 1.165) is 6.61 Å². The normalized spacial score (nSPS) is 19.2. The van der Waals surface area contributed by atoms with Crippen molar-refractivity contribution >= 4 is 0 Å². The highest BCUT2D eigenvalue weighted by Crippen LogP contribution is 2.38. The van der Waals surface area contributed by atoms with E-state index in [0.29, 0.717) is 0 Å².